The summed E-state index contributed by atoms with van der Waals surface area (Å²) in [6.07, 6.45) is 9.41. The van der Waals surface area contributed by atoms with Crippen LogP contribution in [0.15, 0.2) is 0 Å². The molecule has 0 nitrogen and oxygen atoms in total. The fourth-order valence-electron chi connectivity index (χ4n) is 9.58. The van der Waals surface area contributed by atoms with E-state index in [9.17, 15) is 0 Å². The molecule has 0 saturated carbocycles. The average Bonchev–Trinajstić information content (AvgIpc) is 2.66. The molecule has 0 fully saturated rings. The van der Waals surface area contributed by atoms with E-state index in [0.29, 0.717) is 57.5 Å². The summed E-state index contributed by atoms with van der Waals surface area (Å²) in [6.45, 7) is 2.26. The van der Waals surface area contributed by atoms with Crippen molar-refractivity contribution >= 4 is 249 Å². The van der Waals surface area contributed by atoms with Crippen molar-refractivity contribution in [3.8, 4) is 0 Å². The lowest BCUT2D eigenvalue weighted by atomic mass is 8.40. The van der Waals surface area contributed by atoms with Gasteiger partial charge in [-0.3, -0.25) is 0 Å². The zero-order valence-electron chi connectivity index (χ0n) is 28.8. The fraction of sp³-hybridized carbons (Fsp3) is 1.00. The molecule has 0 saturated heterocycles. The standard InChI is InChI=1S/CH39B35/c2-24(3)21(25(4)5)1(22(33(20)26(6)7)34(27(8)9)28(10)11)23(35(29(12)13)30(14)15)36(31(16)17)32(18)19/h1H,2-20H2. The molecule has 0 radical (unpaired) electrons. The minimum absolute atomic E-state index is 0.708. The maximum absolute atomic E-state index is 2.63. The number of hydrogen-bond acceptors (Lipinski definition) is 0. The van der Waals surface area contributed by atoms with Crippen molar-refractivity contribution in [2.75, 3.05) is 0 Å². The van der Waals surface area contributed by atoms with E-state index >= 15 is 0 Å². The smallest absolute Gasteiger partial charge is 0.0559 e. The summed E-state index contributed by atoms with van der Waals surface area (Å²) < 4.78 is 0. The zero-order valence-corrected chi connectivity index (χ0v) is 28.8. The summed E-state index contributed by atoms with van der Waals surface area (Å²) in [4.78, 5) is 0. The lowest BCUT2D eigenvalue weighted by Gasteiger charge is -2.53. The Hall–Kier alpha value is 2.27. The van der Waals surface area contributed by atoms with Crippen LogP contribution < -0.4 is 0 Å². The highest BCUT2D eigenvalue weighted by molar-refractivity contribution is 8.13. The molecule has 0 amide bonds. The second kappa shape index (κ2) is 17.3. The molecule has 1 atom stereocenters. The normalized spacial score (nSPS) is 10.6. The monoisotopic (exact) mass is 437 g/mol. The highest BCUT2D eigenvalue weighted by Crippen LogP contribution is 2.28. The first kappa shape index (κ1) is 38.3. The Balaban J connectivity index is 7.84. The Morgan fingerprint density at radius 1 is 0.250 bits per heavy atom. The van der Waals surface area contributed by atoms with Gasteiger partial charge in [-0.2, -0.15) is 0 Å². The molecule has 0 rings (SSSR count). The molecular formula is CH39B35. The van der Waals surface area contributed by atoms with Gasteiger partial charge in [0, 0.05) is 102 Å². The summed E-state index contributed by atoms with van der Waals surface area (Å²) in [5.74, 6) is 0. The van der Waals surface area contributed by atoms with Gasteiger partial charge in [-0.25, -0.2) is 0 Å². The topological polar surface area (TPSA) is 0 Å². The van der Waals surface area contributed by atoms with Crippen LogP contribution in [0.25, 0.3) is 0 Å². The summed E-state index contributed by atoms with van der Waals surface area (Å²) >= 11 is 0. The molecule has 0 aliphatic heterocycles. The van der Waals surface area contributed by atoms with E-state index in [1.54, 1.807) is 0 Å². The van der Waals surface area contributed by atoms with E-state index in [-0.39, 0.29) is 0 Å². The predicted octanol–water partition coefficient (Wildman–Crippen LogP) is -23.2. The summed E-state index contributed by atoms with van der Waals surface area (Å²) in [7, 11) is 48.2. The number of hydrogen-bond donors (Lipinski definition) is 0. The maximum Gasteiger partial charge on any atom is 0.0559 e. The van der Waals surface area contributed by atoms with Crippen molar-refractivity contribution in [3.63, 3.8) is 0 Å². The Morgan fingerprint density at radius 3 is 0.694 bits per heavy atom. The molecule has 0 aromatic rings. The van der Waals surface area contributed by atoms with Crippen LogP contribution in [0.3, 0.4) is 0 Å². The summed E-state index contributed by atoms with van der Waals surface area (Å²) in [6, 6.07) is 0. The zero-order chi connectivity index (χ0) is 28.8. The van der Waals surface area contributed by atoms with E-state index in [0.717, 1.165) is 50.6 Å². The molecular weight excluding hydrogens is 390 g/mol. The van der Waals surface area contributed by atoms with Crippen LogP contribution in [0, 0.1) is 0 Å². The van der Waals surface area contributed by atoms with Gasteiger partial charge in [0.25, 0.3) is 0 Å². The van der Waals surface area contributed by atoms with E-state index in [2.05, 4.69) is 147 Å². The van der Waals surface area contributed by atoms with Crippen molar-refractivity contribution < 1.29 is 0 Å². The molecule has 148 valence electrons. The minimum atomic E-state index is 0.708. The third kappa shape index (κ3) is 10.3. The molecule has 0 bridgehead atoms. The quantitative estimate of drug-likeness (QED) is 0.214. The first-order valence-electron chi connectivity index (χ1n) is 16.3. The van der Waals surface area contributed by atoms with Gasteiger partial charge in [0.15, 0.2) is 0 Å². The van der Waals surface area contributed by atoms with Crippen molar-refractivity contribution in [1.29, 1.82) is 0 Å². The van der Waals surface area contributed by atoms with Gasteiger partial charge in [-0.05, 0) is 0 Å². The molecule has 0 aliphatic carbocycles. The molecule has 0 aromatic carbocycles. The van der Waals surface area contributed by atoms with Crippen LogP contribution in [0.2, 0.25) is 5.62 Å². The fourth-order valence-corrected chi connectivity index (χ4v) is 9.58. The van der Waals surface area contributed by atoms with Crippen LogP contribution in [-0.4, -0.2) is 249 Å². The lowest BCUT2D eigenvalue weighted by molar-refractivity contribution is 1.80. The van der Waals surface area contributed by atoms with Gasteiger partial charge >= 0.3 is 0 Å². The van der Waals surface area contributed by atoms with Crippen molar-refractivity contribution in [1.82, 2.24) is 0 Å². The van der Waals surface area contributed by atoms with Crippen LogP contribution in [-0.2, 0) is 0 Å². The Morgan fingerprint density at radius 2 is 0.500 bits per heavy atom. The highest BCUT2D eigenvalue weighted by atomic mass is 13.7. The minimum Gasteiger partial charge on any atom is -0.146 e. The number of rotatable bonds is 16. The SMILES string of the molecule is BB(B)B(B)B(B(B(B)B)B(B)B)C(B(B(B)B)B(B)B)B(B(B(B)B)B(B)B)B(B(B)B)B(B)B. The predicted molar refractivity (Wildman–Crippen MR) is 258 cm³/mol. The lowest BCUT2D eigenvalue weighted by Crippen LogP contribution is -2.83. The Labute approximate surface area is 253 Å². The van der Waals surface area contributed by atoms with Gasteiger partial charge in [0.2, 0.25) is 0 Å². The maximum atomic E-state index is 2.63. The molecule has 0 aliphatic rings. The van der Waals surface area contributed by atoms with Gasteiger partial charge in [0.1, 0.15) is 0 Å². The highest BCUT2D eigenvalue weighted by Gasteiger charge is 2.55. The van der Waals surface area contributed by atoms with E-state index in [1.807, 2.05) is 0 Å². The van der Waals surface area contributed by atoms with E-state index in [4.69, 9.17) is 0 Å². The largest absolute Gasteiger partial charge is 0.146 e. The Bertz CT molecular complexity index is 515. The molecule has 35 heteroatoms. The van der Waals surface area contributed by atoms with E-state index < -0.39 is 0 Å². The second-order valence-electron chi connectivity index (χ2n) is 16.1. The Kier molecular flexibility index (Phi) is 18.4. The summed E-state index contributed by atoms with van der Waals surface area (Å²) in [5, 5.41) is 0. The van der Waals surface area contributed by atoms with E-state index in [1.165, 1.54) is 0 Å². The van der Waals surface area contributed by atoms with Gasteiger partial charge in [-0.1, -0.05) is 0 Å². The van der Waals surface area contributed by atoms with Crippen LogP contribution in [0.5, 0.6) is 0 Å². The van der Waals surface area contributed by atoms with Crippen LogP contribution in [0.4, 0.5) is 0 Å². The molecule has 36 heavy (non-hydrogen) atoms. The molecule has 0 spiro atoms. The first-order valence-corrected chi connectivity index (χ1v) is 16.3. The molecule has 1 unspecified atom stereocenters. The molecule has 0 aromatic heterocycles. The van der Waals surface area contributed by atoms with Crippen molar-refractivity contribution in [2.45, 2.75) is 5.62 Å². The third-order valence-electron chi connectivity index (χ3n) is 10.5. The van der Waals surface area contributed by atoms with Gasteiger partial charge in [-0.15, -0.1) is 5.62 Å². The van der Waals surface area contributed by atoms with Gasteiger partial charge < -0.3 is 0 Å². The van der Waals surface area contributed by atoms with Crippen LogP contribution >= 0.6 is 0 Å². The third-order valence-corrected chi connectivity index (χ3v) is 10.5. The van der Waals surface area contributed by atoms with Gasteiger partial charge in [0.05, 0.1) is 147 Å². The van der Waals surface area contributed by atoms with Crippen LogP contribution in [0.1, 0.15) is 0 Å². The molecule has 0 N–H and O–H groups in total. The first-order chi connectivity index (χ1) is 16.3. The second-order valence-corrected chi connectivity index (χ2v) is 16.1. The molecule has 0 heterocycles. The summed E-state index contributed by atoms with van der Waals surface area (Å²) in [5.41, 5.74) is 0.752. The van der Waals surface area contributed by atoms with Crippen molar-refractivity contribution in [2.24, 2.45) is 0 Å². The van der Waals surface area contributed by atoms with Crippen molar-refractivity contribution in [3.05, 3.63) is 0 Å². The average molecular weight is 430 g/mol.